The molecule has 0 saturated carbocycles. The molecule has 2 aromatic carbocycles. The summed E-state index contributed by atoms with van der Waals surface area (Å²) in [6.45, 7) is 11.6. The van der Waals surface area contributed by atoms with Crippen molar-refractivity contribution >= 4 is 11.6 Å². The molecule has 2 N–H and O–H groups in total. The third kappa shape index (κ3) is 13.4. The van der Waals surface area contributed by atoms with E-state index >= 15 is 0 Å². The number of rotatable bonds is 4. The molecular weight excluding hydrogens is 540 g/mol. The van der Waals surface area contributed by atoms with Gasteiger partial charge >= 0.3 is 26.2 Å². The molecule has 0 bridgehead atoms. The zero-order valence-electron chi connectivity index (χ0n) is 22.7. The van der Waals surface area contributed by atoms with E-state index in [0.29, 0.717) is 23.0 Å². The second-order valence-corrected chi connectivity index (χ2v) is 8.93. The van der Waals surface area contributed by atoms with Crippen molar-refractivity contribution in [2.24, 2.45) is 11.8 Å². The number of benzene rings is 2. The summed E-state index contributed by atoms with van der Waals surface area (Å²) in [5, 5.41) is 18.1. The van der Waals surface area contributed by atoms with Crippen molar-refractivity contribution in [2.45, 2.75) is 54.4 Å². The average molecular weight is 578 g/mol. The van der Waals surface area contributed by atoms with Crippen LogP contribution in [0.4, 0.5) is 0 Å². The first kappa shape index (κ1) is 34.2. The topological polar surface area (TPSA) is 74.6 Å². The predicted octanol–water partition coefficient (Wildman–Crippen LogP) is 7.85. The number of aromatic hydroxyl groups is 2. The Bertz CT molecular complexity index is 1030. The molecule has 0 aromatic heterocycles. The number of hydrogen-bond acceptors (Lipinski definition) is 4. The summed E-state index contributed by atoms with van der Waals surface area (Å²) in [7, 11) is 0. The van der Waals surface area contributed by atoms with E-state index in [2.05, 4.69) is 64.2 Å². The van der Waals surface area contributed by atoms with Gasteiger partial charge in [0.15, 0.2) is 11.6 Å². The van der Waals surface area contributed by atoms with Crippen molar-refractivity contribution in [3.8, 4) is 11.5 Å². The maximum Gasteiger partial charge on any atom is 2.00 e. The molecule has 0 radical (unpaired) electrons. The van der Waals surface area contributed by atoms with E-state index in [-0.39, 0.29) is 49.3 Å². The Hall–Kier alpha value is -2.78. The molecule has 194 valence electrons. The Balaban J connectivity index is 0.000000465. The number of Topliss-reactive ketones (excluding diaryl/α,β-unsaturated/α-hetero) is 2. The van der Waals surface area contributed by atoms with Crippen LogP contribution in [0, 0.1) is 24.0 Å². The number of hydrogen-bond donors (Lipinski definition) is 2. The van der Waals surface area contributed by atoms with E-state index in [1.165, 1.54) is 37.1 Å². The predicted molar refractivity (Wildman–Crippen MR) is 147 cm³/mol. The van der Waals surface area contributed by atoms with E-state index in [4.69, 9.17) is 10.2 Å². The number of carbonyl (C=O) groups excluding carboxylic acids is 2. The Morgan fingerprint density at radius 3 is 1.16 bits per heavy atom. The van der Waals surface area contributed by atoms with E-state index < -0.39 is 0 Å². The van der Waals surface area contributed by atoms with Gasteiger partial charge in [-0.1, -0.05) is 63.8 Å². The number of allylic oxidation sites excluding steroid dienone is 8. The fourth-order valence-electron chi connectivity index (χ4n) is 3.18. The Kier molecular flexibility index (Phi) is 17.1. The first-order valence-corrected chi connectivity index (χ1v) is 12.2. The van der Waals surface area contributed by atoms with Gasteiger partial charge in [0.2, 0.25) is 0 Å². The van der Waals surface area contributed by atoms with Crippen LogP contribution in [0.5, 0.6) is 11.5 Å². The number of phenols is 2. The summed E-state index contributed by atoms with van der Waals surface area (Å²) in [6, 6.07) is 13.0. The molecule has 0 amide bonds. The Morgan fingerprint density at radius 1 is 0.676 bits per heavy atom. The van der Waals surface area contributed by atoms with Crippen LogP contribution in [0.15, 0.2) is 84.0 Å². The molecule has 0 fully saturated rings. The third-order valence-corrected chi connectivity index (χ3v) is 5.25. The van der Waals surface area contributed by atoms with Gasteiger partial charge in [-0.3, -0.25) is 21.7 Å². The number of phenolic OH excluding ortho intramolecular Hbond substituents is 2. The minimum atomic E-state index is -0.113. The summed E-state index contributed by atoms with van der Waals surface area (Å²) in [5.74, 6) is 1.20. The van der Waals surface area contributed by atoms with Crippen LogP contribution in [0.25, 0.3) is 0 Å². The normalized spacial score (nSPS) is 12.6. The van der Waals surface area contributed by atoms with Gasteiger partial charge in [-0.15, -0.1) is 12.8 Å². The van der Waals surface area contributed by atoms with Gasteiger partial charge < -0.3 is 10.2 Å². The van der Waals surface area contributed by atoms with Gasteiger partial charge in [0.25, 0.3) is 0 Å². The largest absolute Gasteiger partial charge is 2.00 e. The fourth-order valence-corrected chi connectivity index (χ4v) is 3.18. The third-order valence-electron chi connectivity index (χ3n) is 5.25. The monoisotopic (exact) mass is 576 g/mol. The van der Waals surface area contributed by atoms with E-state index in [1.54, 1.807) is 36.4 Å². The molecule has 0 unspecified atom stereocenters. The Labute approximate surface area is 241 Å². The molecule has 2 aromatic rings. The second kappa shape index (κ2) is 18.5. The molecule has 0 heterocycles. The van der Waals surface area contributed by atoms with E-state index in [1.807, 2.05) is 0 Å². The molecule has 2 aliphatic carbocycles. The molecule has 0 saturated heterocycles. The second-order valence-electron chi connectivity index (χ2n) is 8.93. The van der Waals surface area contributed by atoms with Gasteiger partial charge in [0, 0.05) is 0 Å². The standard InChI is InChI=1S/2C8H8O2.2C8H11.Zr/c2*1-6(9)7-4-2-3-5-8(7)10;2*1-7(2)8-5-3-4-6-8;/h2*2-5,10H,1H3;2*3,5,7H,4H2,1-2H3;/q;;2*-1;+2. The van der Waals surface area contributed by atoms with Crippen molar-refractivity contribution in [1.82, 2.24) is 0 Å². The maximum absolute atomic E-state index is 10.7. The smallest absolute Gasteiger partial charge is 0.507 e. The first-order chi connectivity index (χ1) is 17.0. The van der Waals surface area contributed by atoms with Crippen LogP contribution < -0.4 is 0 Å². The SMILES string of the molecule is CC(=O)c1ccccc1O.CC(=O)c1ccccc1O.CC(C)C1=[C-]CC=C1.CC(C)C1=[C-]CC=C1.[Zr+2]. The minimum Gasteiger partial charge on any atom is -0.507 e. The summed E-state index contributed by atoms with van der Waals surface area (Å²) in [4.78, 5) is 21.4. The van der Waals surface area contributed by atoms with Crippen molar-refractivity contribution in [2.75, 3.05) is 0 Å². The van der Waals surface area contributed by atoms with Gasteiger partial charge in [0.1, 0.15) is 11.5 Å². The van der Waals surface area contributed by atoms with Gasteiger partial charge in [-0.05, 0) is 38.1 Å². The van der Waals surface area contributed by atoms with Crippen LogP contribution in [0.2, 0.25) is 0 Å². The van der Waals surface area contributed by atoms with Crippen LogP contribution in [-0.2, 0) is 26.2 Å². The van der Waals surface area contributed by atoms with Crippen LogP contribution in [-0.4, -0.2) is 21.8 Å². The molecule has 2 aliphatic rings. The first-order valence-electron chi connectivity index (χ1n) is 12.2. The minimum absolute atomic E-state index is 0. The van der Waals surface area contributed by atoms with Crippen molar-refractivity contribution in [3.05, 3.63) is 107 Å². The molecule has 37 heavy (non-hydrogen) atoms. The summed E-state index contributed by atoms with van der Waals surface area (Å²) < 4.78 is 0. The van der Waals surface area contributed by atoms with Crippen molar-refractivity contribution in [3.63, 3.8) is 0 Å². The van der Waals surface area contributed by atoms with E-state index in [0.717, 1.165) is 12.8 Å². The average Bonchev–Trinajstić information content (AvgIpc) is 3.55. The zero-order valence-corrected chi connectivity index (χ0v) is 25.2. The number of para-hydroxylation sites is 2. The molecule has 4 rings (SSSR count). The van der Waals surface area contributed by atoms with Crippen LogP contribution in [0.1, 0.15) is 75.1 Å². The zero-order chi connectivity index (χ0) is 27.1. The Morgan fingerprint density at radius 2 is 1.00 bits per heavy atom. The van der Waals surface area contributed by atoms with E-state index in [9.17, 15) is 9.59 Å². The van der Waals surface area contributed by atoms with Crippen molar-refractivity contribution < 1.29 is 46.0 Å². The van der Waals surface area contributed by atoms with Crippen LogP contribution in [0.3, 0.4) is 0 Å². The molecular formula is C32H38O4Zr. The molecule has 5 heteroatoms. The molecule has 4 nitrogen and oxygen atoms in total. The molecule has 0 spiro atoms. The maximum atomic E-state index is 10.7. The summed E-state index contributed by atoms with van der Waals surface area (Å²) >= 11 is 0. The number of ketones is 2. The molecule has 0 atom stereocenters. The van der Waals surface area contributed by atoms with Gasteiger partial charge in [0.05, 0.1) is 11.1 Å². The number of carbonyl (C=O) groups is 2. The van der Waals surface area contributed by atoms with Gasteiger partial charge in [-0.25, -0.2) is 23.3 Å². The quantitative estimate of drug-likeness (QED) is 0.287. The van der Waals surface area contributed by atoms with Crippen LogP contribution >= 0.6 is 0 Å². The molecule has 0 aliphatic heterocycles. The summed E-state index contributed by atoms with van der Waals surface area (Å²) in [5.41, 5.74) is 3.49. The summed E-state index contributed by atoms with van der Waals surface area (Å²) in [6.07, 6.45) is 17.2. The van der Waals surface area contributed by atoms with Crippen molar-refractivity contribution in [1.29, 1.82) is 0 Å². The van der Waals surface area contributed by atoms with Gasteiger partial charge in [-0.2, -0.15) is 12.2 Å². The fraction of sp³-hybridized carbons (Fsp3) is 0.312.